The molecule has 0 radical (unpaired) electrons. The summed E-state index contributed by atoms with van der Waals surface area (Å²) in [4.78, 5) is 39.5. The molecule has 0 saturated heterocycles. The van der Waals surface area contributed by atoms with E-state index in [9.17, 15) is 14.4 Å². The first-order valence-electron chi connectivity index (χ1n) is 11.0. The van der Waals surface area contributed by atoms with Crippen LogP contribution in [0.1, 0.15) is 23.8 Å². The quantitative estimate of drug-likeness (QED) is 0.320. The van der Waals surface area contributed by atoms with Crippen LogP contribution in [0, 0.1) is 0 Å². The number of amides is 1. The van der Waals surface area contributed by atoms with Crippen LogP contribution in [0.3, 0.4) is 0 Å². The van der Waals surface area contributed by atoms with Crippen molar-refractivity contribution in [1.29, 1.82) is 0 Å². The Labute approximate surface area is 212 Å². The number of hydrogen-bond donors (Lipinski definition) is 1. The van der Waals surface area contributed by atoms with Gasteiger partial charge in [-0.25, -0.2) is 4.79 Å². The summed E-state index contributed by atoms with van der Waals surface area (Å²) in [6.07, 6.45) is -0.872. The molecule has 4 aromatic rings. The Balaban J connectivity index is 1.73. The number of carbonyl (C=O) groups excluding carboxylic acids is 2. The molecule has 0 fully saturated rings. The minimum absolute atomic E-state index is 0.0701. The Bertz CT molecular complexity index is 1480. The average Bonchev–Trinajstić information content (AvgIpc) is 2.87. The summed E-state index contributed by atoms with van der Waals surface area (Å²) in [5, 5.41) is 4.44. The molecule has 3 aromatic carbocycles. The molecule has 1 amide bonds. The van der Waals surface area contributed by atoms with Gasteiger partial charge < -0.3 is 14.6 Å². The van der Waals surface area contributed by atoms with Gasteiger partial charge in [0.2, 0.25) is 0 Å². The predicted molar refractivity (Wildman–Crippen MR) is 139 cm³/mol. The van der Waals surface area contributed by atoms with Crippen molar-refractivity contribution < 1.29 is 14.3 Å². The summed E-state index contributed by atoms with van der Waals surface area (Å²) in [6.45, 7) is 1.73. The molecule has 0 saturated carbocycles. The molecule has 6 nitrogen and oxygen atoms in total. The van der Waals surface area contributed by atoms with Crippen LogP contribution in [0.2, 0.25) is 10.0 Å². The van der Waals surface area contributed by atoms with Gasteiger partial charge in [0.05, 0.1) is 10.0 Å². The predicted octanol–water partition coefficient (Wildman–Crippen LogP) is 6.09. The van der Waals surface area contributed by atoms with Gasteiger partial charge in [-0.1, -0.05) is 78.7 Å². The molecule has 0 aliphatic carbocycles. The number of halogens is 2. The molecule has 1 heterocycles. The summed E-state index contributed by atoms with van der Waals surface area (Å²) in [6, 6.07) is 21.1. The summed E-state index contributed by atoms with van der Waals surface area (Å²) in [7, 11) is 1.52. The zero-order valence-electron chi connectivity index (χ0n) is 19.0. The number of nitrogens with one attached hydrogen (secondary N) is 1. The van der Waals surface area contributed by atoms with Crippen LogP contribution < -0.4 is 10.9 Å². The van der Waals surface area contributed by atoms with Crippen LogP contribution >= 0.6 is 23.2 Å². The molecule has 1 N–H and O–H groups in total. The number of carbonyl (C=O) groups is 2. The SMILES string of the molecule is CCC(OC(=O)c1c(-c2ccccc2)c2ccccc2c(=O)n1C)C(=O)Nc1ccc(Cl)c(Cl)c1. The first-order chi connectivity index (χ1) is 16.8. The lowest BCUT2D eigenvalue weighted by Gasteiger charge is -2.20. The van der Waals surface area contributed by atoms with Crippen LogP contribution in [-0.4, -0.2) is 22.5 Å². The highest BCUT2D eigenvalue weighted by Crippen LogP contribution is 2.31. The molecular weight excluding hydrogens is 487 g/mol. The highest BCUT2D eigenvalue weighted by Gasteiger charge is 2.27. The van der Waals surface area contributed by atoms with E-state index in [1.54, 1.807) is 37.3 Å². The van der Waals surface area contributed by atoms with Crippen LogP contribution in [0.15, 0.2) is 77.6 Å². The van der Waals surface area contributed by atoms with Gasteiger partial charge in [-0.3, -0.25) is 9.59 Å². The Morgan fingerprint density at radius 2 is 1.60 bits per heavy atom. The van der Waals surface area contributed by atoms with Gasteiger partial charge in [0, 0.05) is 23.7 Å². The van der Waals surface area contributed by atoms with Gasteiger partial charge in [0.15, 0.2) is 6.10 Å². The van der Waals surface area contributed by atoms with E-state index in [-0.39, 0.29) is 22.7 Å². The number of hydrogen-bond acceptors (Lipinski definition) is 4. The maximum atomic E-state index is 13.5. The maximum absolute atomic E-state index is 13.5. The molecule has 0 spiro atoms. The number of aromatic nitrogens is 1. The largest absolute Gasteiger partial charge is 0.448 e. The highest BCUT2D eigenvalue weighted by atomic mass is 35.5. The van der Waals surface area contributed by atoms with Gasteiger partial charge in [-0.15, -0.1) is 0 Å². The Morgan fingerprint density at radius 3 is 2.26 bits per heavy atom. The fourth-order valence-electron chi connectivity index (χ4n) is 3.91. The van der Waals surface area contributed by atoms with E-state index in [1.165, 1.54) is 17.7 Å². The van der Waals surface area contributed by atoms with Crippen molar-refractivity contribution in [2.75, 3.05) is 5.32 Å². The van der Waals surface area contributed by atoms with E-state index in [0.717, 1.165) is 5.56 Å². The summed E-state index contributed by atoms with van der Waals surface area (Å²) in [5.41, 5.74) is 1.47. The molecule has 178 valence electrons. The summed E-state index contributed by atoms with van der Waals surface area (Å²) < 4.78 is 6.93. The third kappa shape index (κ3) is 4.94. The molecule has 1 atom stereocenters. The number of nitrogens with zero attached hydrogens (tertiary/aromatic N) is 1. The second-order valence-electron chi connectivity index (χ2n) is 7.92. The molecule has 1 unspecified atom stereocenters. The third-order valence-corrected chi connectivity index (χ3v) is 6.40. The topological polar surface area (TPSA) is 77.4 Å². The lowest BCUT2D eigenvalue weighted by molar-refractivity contribution is -0.124. The van der Waals surface area contributed by atoms with E-state index in [1.807, 2.05) is 36.4 Å². The smallest absolute Gasteiger partial charge is 0.356 e. The van der Waals surface area contributed by atoms with Gasteiger partial charge >= 0.3 is 5.97 Å². The van der Waals surface area contributed by atoms with Crippen molar-refractivity contribution in [3.8, 4) is 11.1 Å². The minimum Gasteiger partial charge on any atom is -0.448 e. The van der Waals surface area contributed by atoms with E-state index >= 15 is 0 Å². The lowest BCUT2D eigenvalue weighted by atomic mass is 9.97. The van der Waals surface area contributed by atoms with Crippen LogP contribution in [-0.2, 0) is 16.6 Å². The van der Waals surface area contributed by atoms with Crippen LogP contribution in [0.5, 0.6) is 0 Å². The first-order valence-corrected chi connectivity index (χ1v) is 11.7. The number of benzene rings is 3. The van der Waals surface area contributed by atoms with Crippen molar-refractivity contribution in [2.24, 2.45) is 7.05 Å². The first kappa shape index (κ1) is 24.5. The number of ether oxygens (including phenoxy) is 1. The van der Waals surface area contributed by atoms with E-state index < -0.39 is 18.0 Å². The van der Waals surface area contributed by atoms with Crippen molar-refractivity contribution in [2.45, 2.75) is 19.4 Å². The summed E-state index contributed by atoms with van der Waals surface area (Å²) >= 11 is 12.0. The van der Waals surface area contributed by atoms with E-state index in [0.29, 0.717) is 27.0 Å². The van der Waals surface area contributed by atoms with Crippen molar-refractivity contribution in [3.63, 3.8) is 0 Å². The van der Waals surface area contributed by atoms with E-state index in [4.69, 9.17) is 27.9 Å². The number of pyridine rings is 1. The fourth-order valence-corrected chi connectivity index (χ4v) is 4.20. The molecule has 0 bridgehead atoms. The molecule has 35 heavy (non-hydrogen) atoms. The molecule has 8 heteroatoms. The van der Waals surface area contributed by atoms with Gasteiger partial charge in [-0.2, -0.15) is 0 Å². The summed E-state index contributed by atoms with van der Waals surface area (Å²) in [5.74, 6) is -1.29. The minimum atomic E-state index is -1.10. The Hall–Kier alpha value is -3.61. The van der Waals surface area contributed by atoms with Gasteiger partial charge in [-0.05, 0) is 41.6 Å². The molecule has 4 rings (SSSR count). The number of rotatable bonds is 6. The maximum Gasteiger partial charge on any atom is 0.356 e. The molecular formula is C27H22Cl2N2O4. The zero-order valence-corrected chi connectivity index (χ0v) is 20.6. The van der Waals surface area contributed by atoms with E-state index in [2.05, 4.69) is 5.32 Å². The molecule has 1 aromatic heterocycles. The van der Waals surface area contributed by atoms with Crippen molar-refractivity contribution >= 4 is 51.5 Å². The van der Waals surface area contributed by atoms with Gasteiger partial charge in [0.25, 0.3) is 11.5 Å². The van der Waals surface area contributed by atoms with Gasteiger partial charge in [0.1, 0.15) is 5.69 Å². The fraction of sp³-hybridized carbons (Fsp3) is 0.148. The standard InChI is InChI=1S/C27H22Cl2N2O4/c1-3-22(25(32)30-17-13-14-20(28)21(29)15-17)35-27(34)24-23(16-9-5-4-6-10-16)18-11-7-8-12-19(18)26(33)31(24)2/h4-15,22H,3H2,1-2H3,(H,30,32). The van der Waals surface area contributed by atoms with Crippen LogP contribution in [0.4, 0.5) is 5.69 Å². The second kappa shape index (κ2) is 10.3. The lowest BCUT2D eigenvalue weighted by Crippen LogP contribution is -2.34. The molecule has 0 aliphatic heterocycles. The van der Waals surface area contributed by atoms with Crippen molar-refractivity contribution in [1.82, 2.24) is 4.57 Å². The average molecular weight is 509 g/mol. The number of fused-ring (bicyclic) bond motifs is 1. The number of anilines is 1. The number of esters is 1. The Kier molecular flexibility index (Phi) is 7.24. The highest BCUT2D eigenvalue weighted by molar-refractivity contribution is 6.42. The van der Waals surface area contributed by atoms with Crippen molar-refractivity contribution in [3.05, 3.63) is 98.9 Å². The monoisotopic (exact) mass is 508 g/mol. The Morgan fingerprint density at radius 1 is 0.943 bits per heavy atom. The van der Waals surface area contributed by atoms with Crippen LogP contribution in [0.25, 0.3) is 21.9 Å². The normalized spacial score (nSPS) is 11.8. The molecule has 0 aliphatic rings. The third-order valence-electron chi connectivity index (χ3n) is 5.66. The zero-order chi connectivity index (χ0) is 25.1. The second-order valence-corrected chi connectivity index (χ2v) is 8.73.